The first kappa shape index (κ1) is 16.0. The first-order chi connectivity index (χ1) is 10.1. The molecule has 1 aromatic carbocycles. The summed E-state index contributed by atoms with van der Waals surface area (Å²) in [4.78, 5) is 14.3. The SMILES string of the molecule is Cc1ccc(C(C)N(C)C(=O)CCC2CCCNC2)cc1. The summed E-state index contributed by atoms with van der Waals surface area (Å²) in [6, 6.07) is 8.60. The summed E-state index contributed by atoms with van der Waals surface area (Å²) in [5.41, 5.74) is 2.46. The predicted octanol–water partition coefficient (Wildman–Crippen LogP) is 3.29. The zero-order chi connectivity index (χ0) is 15.2. The van der Waals surface area contributed by atoms with Gasteiger partial charge in [0.05, 0.1) is 6.04 Å². The van der Waals surface area contributed by atoms with Gasteiger partial charge in [-0.05, 0) is 57.7 Å². The van der Waals surface area contributed by atoms with Crippen LogP contribution >= 0.6 is 0 Å². The largest absolute Gasteiger partial charge is 0.339 e. The summed E-state index contributed by atoms with van der Waals surface area (Å²) in [5.74, 6) is 0.930. The highest BCUT2D eigenvalue weighted by Crippen LogP contribution is 2.22. The number of nitrogens with one attached hydrogen (secondary N) is 1. The average Bonchev–Trinajstić information content (AvgIpc) is 2.53. The molecule has 2 atom stereocenters. The highest BCUT2D eigenvalue weighted by molar-refractivity contribution is 5.76. The molecule has 0 saturated carbocycles. The van der Waals surface area contributed by atoms with Gasteiger partial charge in [-0.2, -0.15) is 0 Å². The van der Waals surface area contributed by atoms with E-state index in [0.717, 1.165) is 19.5 Å². The van der Waals surface area contributed by atoms with Gasteiger partial charge in [0.2, 0.25) is 5.91 Å². The van der Waals surface area contributed by atoms with Gasteiger partial charge in [0.25, 0.3) is 0 Å². The molecule has 2 rings (SSSR count). The van der Waals surface area contributed by atoms with Crippen LogP contribution in [0.1, 0.15) is 49.8 Å². The Labute approximate surface area is 128 Å². The smallest absolute Gasteiger partial charge is 0.222 e. The van der Waals surface area contributed by atoms with E-state index in [0.29, 0.717) is 12.3 Å². The molecular formula is C18H28N2O. The molecule has 1 heterocycles. The lowest BCUT2D eigenvalue weighted by Gasteiger charge is -2.27. The van der Waals surface area contributed by atoms with Gasteiger partial charge >= 0.3 is 0 Å². The monoisotopic (exact) mass is 288 g/mol. The summed E-state index contributed by atoms with van der Waals surface area (Å²) in [6.45, 7) is 6.39. The number of amides is 1. The van der Waals surface area contributed by atoms with Crippen LogP contribution in [0.3, 0.4) is 0 Å². The van der Waals surface area contributed by atoms with Crippen LogP contribution < -0.4 is 5.32 Å². The van der Waals surface area contributed by atoms with E-state index in [2.05, 4.69) is 43.4 Å². The minimum absolute atomic E-state index is 0.141. The second-order valence-corrected chi connectivity index (χ2v) is 6.34. The third kappa shape index (κ3) is 4.57. The number of rotatable bonds is 5. The van der Waals surface area contributed by atoms with E-state index in [-0.39, 0.29) is 11.9 Å². The average molecular weight is 288 g/mol. The van der Waals surface area contributed by atoms with E-state index in [1.807, 2.05) is 11.9 Å². The summed E-state index contributed by atoms with van der Waals surface area (Å²) in [6.07, 6.45) is 4.18. The van der Waals surface area contributed by atoms with Gasteiger partial charge in [-0.15, -0.1) is 0 Å². The molecule has 116 valence electrons. The number of benzene rings is 1. The van der Waals surface area contributed by atoms with Crippen LogP contribution in [0.2, 0.25) is 0 Å². The van der Waals surface area contributed by atoms with Gasteiger partial charge < -0.3 is 10.2 Å². The fourth-order valence-corrected chi connectivity index (χ4v) is 2.96. The third-order valence-corrected chi connectivity index (χ3v) is 4.70. The number of nitrogens with zero attached hydrogens (tertiary/aromatic N) is 1. The van der Waals surface area contributed by atoms with Crippen molar-refractivity contribution in [2.24, 2.45) is 5.92 Å². The van der Waals surface area contributed by atoms with E-state index in [1.165, 1.54) is 24.0 Å². The summed E-state index contributed by atoms with van der Waals surface area (Å²) >= 11 is 0. The molecule has 1 aromatic rings. The molecule has 3 heteroatoms. The van der Waals surface area contributed by atoms with Crippen molar-refractivity contribution >= 4 is 5.91 Å². The van der Waals surface area contributed by atoms with Crippen molar-refractivity contribution < 1.29 is 4.79 Å². The number of carbonyl (C=O) groups is 1. The molecule has 1 saturated heterocycles. The maximum Gasteiger partial charge on any atom is 0.222 e. The highest BCUT2D eigenvalue weighted by Gasteiger charge is 2.19. The van der Waals surface area contributed by atoms with Crippen molar-refractivity contribution in [3.8, 4) is 0 Å². The molecule has 1 aliphatic rings. The Kier molecular flexibility index (Phi) is 5.80. The lowest BCUT2D eigenvalue weighted by molar-refractivity contribution is -0.132. The van der Waals surface area contributed by atoms with E-state index in [4.69, 9.17) is 0 Å². The Balaban J connectivity index is 1.84. The van der Waals surface area contributed by atoms with Crippen LogP contribution in [0.5, 0.6) is 0 Å². The highest BCUT2D eigenvalue weighted by atomic mass is 16.2. The van der Waals surface area contributed by atoms with Crippen molar-refractivity contribution in [2.75, 3.05) is 20.1 Å². The van der Waals surface area contributed by atoms with Crippen LogP contribution in [0.4, 0.5) is 0 Å². The molecule has 0 aliphatic carbocycles. The van der Waals surface area contributed by atoms with Crippen LogP contribution in [-0.2, 0) is 4.79 Å². The Hall–Kier alpha value is -1.35. The quantitative estimate of drug-likeness (QED) is 0.901. The topological polar surface area (TPSA) is 32.3 Å². The molecule has 21 heavy (non-hydrogen) atoms. The van der Waals surface area contributed by atoms with Gasteiger partial charge in [0, 0.05) is 13.5 Å². The standard InChI is InChI=1S/C18H28N2O/c1-14-6-9-17(10-7-14)15(2)20(3)18(21)11-8-16-5-4-12-19-13-16/h6-7,9-10,15-16,19H,4-5,8,11-13H2,1-3H3. The van der Waals surface area contributed by atoms with E-state index in [9.17, 15) is 4.79 Å². The van der Waals surface area contributed by atoms with Gasteiger partial charge in [-0.1, -0.05) is 29.8 Å². The molecule has 1 fully saturated rings. The second kappa shape index (κ2) is 7.60. The lowest BCUT2D eigenvalue weighted by Crippen LogP contribution is -2.33. The Morgan fingerprint density at radius 1 is 1.38 bits per heavy atom. The molecule has 0 spiro atoms. The maximum atomic E-state index is 12.4. The number of carbonyl (C=O) groups excluding carboxylic acids is 1. The van der Waals surface area contributed by atoms with Gasteiger partial charge in [-0.3, -0.25) is 4.79 Å². The van der Waals surface area contributed by atoms with Crippen molar-refractivity contribution in [1.29, 1.82) is 0 Å². The zero-order valence-electron chi connectivity index (χ0n) is 13.6. The molecule has 1 N–H and O–H groups in total. The predicted molar refractivity (Wildman–Crippen MR) is 87.2 cm³/mol. The number of piperidine rings is 1. The summed E-state index contributed by atoms with van der Waals surface area (Å²) in [5, 5.41) is 3.42. The minimum Gasteiger partial charge on any atom is -0.339 e. The van der Waals surface area contributed by atoms with Gasteiger partial charge in [0.1, 0.15) is 0 Å². The molecule has 0 aromatic heterocycles. The van der Waals surface area contributed by atoms with Crippen LogP contribution in [-0.4, -0.2) is 30.9 Å². The molecule has 1 amide bonds. The molecular weight excluding hydrogens is 260 g/mol. The summed E-state index contributed by atoms with van der Waals surface area (Å²) < 4.78 is 0. The molecule has 0 bridgehead atoms. The van der Waals surface area contributed by atoms with Crippen molar-refractivity contribution in [2.45, 2.75) is 45.6 Å². The van der Waals surface area contributed by atoms with Crippen molar-refractivity contribution in [3.63, 3.8) is 0 Å². The van der Waals surface area contributed by atoms with Gasteiger partial charge in [0.15, 0.2) is 0 Å². The fraction of sp³-hybridized carbons (Fsp3) is 0.611. The summed E-state index contributed by atoms with van der Waals surface area (Å²) in [7, 11) is 1.92. The van der Waals surface area contributed by atoms with Gasteiger partial charge in [-0.25, -0.2) is 0 Å². The molecule has 1 aliphatic heterocycles. The third-order valence-electron chi connectivity index (χ3n) is 4.70. The first-order valence-corrected chi connectivity index (χ1v) is 8.11. The number of aryl methyl sites for hydroxylation is 1. The molecule has 2 unspecified atom stereocenters. The minimum atomic E-state index is 0.141. The van der Waals surface area contributed by atoms with Crippen LogP contribution in [0, 0.1) is 12.8 Å². The Morgan fingerprint density at radius 3 is 2.71 bits per heavy atom. The Morgan fingerprint density at radius 2 is 2.10 bits per heavy atom. The van der Waals surface area contributed by atoms with E-state index < -0.39 is 0 Å². The van der Waals surface area contributed by atoms with E-state index in [1.54, 1.807) is 0 Å². The van der Waals surface area contributed by atoms with Crippen molar-refractivity contribution in [1.82, 2.24) is 10.2 Å². The van der Waals surface area contributed by atoms with Crippen LogP contribution in [0.15, 0.2) is 24.3 Å². The maximum absolute atomic E-state index is 12.4. The van der Waals surface area contributed by atoms with E-state index >= 15 is 0 Å². The lowest BCUT2D eigenvalue weighted by atomic mass is 9.94. The first-order valence-electron chi connectivity index (χ1n) is 8.11. The normalized spacial score (nSPS) is 20.0. The Bertz CT molecular complexity index is 449. The fourth-order valence-electron chi connectivity index (χ4n) is 2.96. The second-order valence-electron chi connectivity index (χ2n) is 6.34. The molecule has 3 nitrogen and oxygen atoms in total. The number of hydrogen-bond donors (Lipinski definition) is 1. The van der Waals surface area contributed by atoms with Crippen molar-refractivity contribution in [3.05, 3.63) is 35.4 Å². The molecule has 0 radical (unpaired) electrons. The van der Waals surface area contributed by atoms with Crippen LogP contribution in [0.25, 0.3) is 0 Å². The number of hydrogen-bond acceptors (Lipinski definition) is 2. The zero-order valence-corrected chi connectivity index (χ0v) is 13.6.